The molecule has 0 bridgehead atoms. The first-order chi connectivity index (χ1) is 7.24. The van der Waals surface area contributed by atoms with Crippen LogP contribution < -0.4 is 0 Å². The molecule has 2 nitrogen and oxygen atoms in total. The summed E-state index contributed by atoms with van der Waals surface area (Å²) in [5.41, 5.74) is 3.73. The topological polar surface area (TPSA) is 28.7 Å². The number of rotatable bonds is 3. The SMILES string of the molecule is CC(C)c1n[nH]c(C2CCCC2)c1CCl. The van der Waals surface area contributed by atoms with Crippen LogP contribution in [-0.2, 0) is 5.88 Å². The van der Waals surface area contributed by atoms with Gasteiger partial charge in [0, 0.05) is 17.2 Å². The van der Waals surface area contributed by atoms with Gasteiger partial charge in [-0.15, -0.1) is 11.6 Å². The van der Waals surface area contributed by atoms with Crippen LogP contribution in [0.3, 0.4) is 0 Å². The van der Waals surface area contributed by atoms with E-state index in [9.17, 15) is 0 Å². The zero-order valence-corrected chi connectivity index (χ0v) is 10.3. The highest BCUT2D eigenvalue weighted by atomic mass is 35.5. The third-order valence-electron chi connectivity index (χ3n) is 3.38. The van der Waals surface area contributed by atoms with Crippen molar-refractivity contribution < 1.29 is 0 Å². The summed E-state index contributed by atoms with van der Waals surface area (Å²) >= 11 is 6.04. The fraction of sp³-hybridized carbons (Fsp3) is 0.750. The Morgan fingerprint density at radius 3 is 2.60 bits per heavy atom. The molecule has 1 saturated carbocycles. The van der Waals surface area contributed by atoms with Gasteiger partial charge < -0.3 is 0 Å². The van der Waals surface area contributed by atoms with E-state index in [2.05, 4.69) is 24.0 Å². The number of nitrogens with zero attached hydrogens (tertiary/aromatic N) is 1. The molecule has 1 aromatic heterocycles. The minimum Gasteiger partial charge on any atom is -0.282 e. The van der Waals surface area contributed by atoms with Gasteiger partial charge in [-0.1, -0.05) is 26.7 Å². The molecule has 0 saturated heterocycles. The second-order valence-electron chi connectivity index (χ2n) is 4.77. The number of nitrogens with one attached hydrogen (secondary N) is 1. The standard InChI is InChI=1S/C12H19ClN2/c1-8(2)11-10(7-13)12(15-14-11)9-5-3-4-6-9/h8-9H,3-7H2,1-2H3,(H,14,15). The number of hydrogen-bond donors (Lipinski definition) is 1. The summed E-state index contributed by atoms with van der Waals surface area (Å²) in [7, 11) is 0. The van der Waals surface area contributed by atoms with Gasteiger partial charge in [0.1, 0.15) is 0 Å². The second kappa shape index (κ2) is 4.56. The van der Waals surface area contributed by atoms with Crippen molar-refractivity contribution in [2.45, 2.75) is 57.2 Å². The molecule has 1 N–H and O–H groups in total. The van der Waals surface area contributed by atoms with E-state index >= 15 is 0 Å². The molecular formula is C12H19ClN2. The Labute approximate surface area is 96.4 Å². The molecule has 0 amide bonds. The molecule has 0 unspecified atom stereocenters. The van der Waals surface area contributed by atoms with E-state index < -0.39 is 0 Å². The lowest BCUT2D eigenvalue weighted by molar-refractivity contribution is 0.688. The quantitative estimate of drug-likeness (QED) is 0.778. The van der Waals surface area contributed by atoms with Gasteiger partial charge in [-0.2, -0.15) is 5.10 Å². The summed E-state index contributed by atoms with van der Waals surface area (Å²) in [6.07, 6.45) is 5.29. The van der Waals surface area contributed by atoms with Crippen LogP contribution in [0.25, 0.3) is 0 Å². The van der Waals surface area contributed by atoms with E-state index in [1.165, 1.54) is 36.9 Å². The molecule has 84 valence electrons. The Hall–Kier alpha value is -0.500. The molecular weight excluding hydrogens is 208 g/mol. The number of halogens is 1. The molecule has 1 fully saturated rings. The summed E-state index contributed by atoms with van der Waals surface area (Å²) in [4.78, 5) is 0. The Bertz CT molecular complexity index is 324. The molecule has 1 aromatic rings. The van der Waals surface area contributed by atoms with Crippen LogP contribution in [0.2, 0.25) is 0 Å². The van der Waals surface area contributed by atoms with E-state index in [1.807, 2.05) is 0 Å². The van der Waals surface area contributed by atoms with Gasteiger partial charge in [0.25, 0.3) is 0 Å². The first kappa shape index (κ1) is 11.0. The Morgan fingerprint density at radius 1 is 1.40 bits per heavy atom. The number of H-pyrrole nitrogens is 1. The molecule has 0 atom stereocenters. The smallest absolute Gasteiger partial charge is 0.0694 e. The lowest BCUT2D eigenvalue weighted by atomic mass is 9.97. The predicted octanol–water partition coefficient (Wildman–Crippen LogP) is 3.93. The van der Waals surface area contributed by atoms with Crippen molar-refractivity contribution >= 4 is 11.6 Å². The fourth-order valence-corrected chi connectivity index (χ4v) is 2.84. The van der Waals surface area contributed by atoms with Crippen molar-refractivity contribution in [1.82, 2.24) is 10.2 Å². The first-order valence-electron chi connectivity index (χ1n) is 5.87. The van der Waals surface area contributed by atoms with Gasteiger partial charge in [-0.25, -0.2) is 0 Å². The van der Waals surface area contributed by atoms with Crippen LogP contribution in [0, 0.1) is 0 Å². The van der Waals surface area contributed by atoms with E-state index in [-0.39, 0.29) is 0 Å². The molecule has 0 aliphatic heterocycles. The molecule has 1 heterocycles. The second-order valence-corrected chi connectivity index (χ2v) is 5.04. The average Bonchev–Trinajstić information content (AvgIpc) is 2.85. The van der Waals surface area contributed by atoms with Crippen LogP contribution >= 0.6 is 11.6 Å². The average molecular weight is 227 g/mol. The highest BCUT2D eigenvalue weighted by Crippen LogP contribution is 2.37. The van der Waals surface area contributed by atoms with Crippen molar-refractivity contribution in [3.05, 3.63) is 17.0 Å². The zero-order valence-electron chi connectivity index (χ0n) is 9.52. The van der Waals surface area contributed by atoms with Crippen LogP contribution in [0.1, 0.15) is 68.3 Å². The van der Waals surface area contributed by atoms with Crippen molar-refractivity contribution in [2.24, 2.45) is 0 Å². The van der Waals surface area contributed by atoms with Crippen LogP contribution in [0.15, 0.2) is 0 Å². The monoisotopic (exact) mass is 226 g/mol. The van der Waals surface area contributed by atoms with Gasteiger partial charge in [-0.05, 0) is 18.8 Å². The summed E-state index contributed by atoms with van der Waals surface area (Å²) in [6.45, 7) is 4.34. The minimum absolute atomic E-state index is 0.463. The highest BCUT2D eigenvalue weighted by molar-refractivity contribution is 6.17. The zero-order chi connectivity index (χ0) is 10.8. The van der Waals surface area contributed by atoms with Crippen molar-refractivity contribution in [3.8, 4) is 0 Å². The van der Waals surface area contributed by atoms with Crippen LogP contribution in [-0.4, -0.2) is 10.2 Å². The van der Waals surface area contributed by atoms with E-state index in [1.54, 1.807) is 0 Å². The molecule has 3 heteroatoms. The van der Waals surface area contributed by atoms with Crippen molar-refractivity contribution in [3.63, 3.8) is 0 Å². The summed E-state index contributed by atoms with van der Waals surface area (Å²) in [6, 6.07) is 0. The number of aromatic nitrogens is 2. The normalized spacial score (nSPS) is 17.9. The Balaban J connectivity index is 2.30. The molecule has 2 rings (SSSR count). The van der Waals surface area contributed by atoms with Gasteiger partial charge in [0.2, 0.25) is 0 Å². The maximum absolute atomic E-state index is 6.04. The van der Waals surface area contributed by atoms with Gasteiger partial charge in [0.05, 0.1) is 11.6 Å². The molecule has 15 heavy (non-hydrogen) atoms. The van der Waals surface area contributed by atoms with Crippen molar-refractivity contribution in [1.29, 1.82) is 0 Å². The maximum Gasteiger partial charge on any atom is 0.0694 e. The Morgan fingerprint density at radius 2 is 2.07 bits per heavy atom. The third-order valence-corrected chi connectivity index (χ3v) is 3.64. The summed E-state index contributed by atoms with van der Waals surface area (Å²) in [5.74, 6) is 1.74. The lowest BCUT2D eigenvalue weighted by Crippen LogP contribution is -1.98. The van der Waals surface area contributed by atoms with Gasteiger partial charge in [-0.3, -0.25) is 5.10 Å². The van der Waals surface area contributed by atoms with Gasteiger partial charge in [0.15, 0.2) is 0 Å². The van der Waals surface area contributed by atoms with E-state index in [4.69, 9.17) is 11.6 Å². The highest BCUT2D eigenvalue weighted by Gasteiger charge is 2.24. The molecule has 0 radical (unpaired) electrons. The fourth-order valence-electron chi connectivity index (χ4n) is 2.56. The molecule has 1 aliphatic carbocycles. The van der Waals surface area contributed by atoms with Crippen LogP contribution in [0.4, 0.5) is 0 Å². The largest absolute Gasteiger partial charge is 0.282 e. The predicted molar refractivity (Wildman–Crippen MR) is 63.4 cm³/mol. The molecule has 0 aromatic carbocycles. The summed E-state index contributed by atoms with van der Waals surface area (Å²) in [5, 5.41) is 7.64. The first-order valence-corrected chi connectivity index (χ1v) is 6.40. The number of aromatic amines is 1. The lowest BCUT2D eigenvalue weighted by Gasteiger charge is -2.09. The number of hydrogen-bond acceptors (Lipinski definition) is 1. The van der Waals surface area contributed by atoms with Gasteiger partial charge >= 0.3 is 0 Å². The van der Waals surface area contributed by atoms with Crippen LogP contribution in [0.5, 0.6) is 0 Å². The Kier molecular flexibility index (Phi) is 3.35. The van der Waals surface area contributed by atoms with E-state index in [0.29, 0.717) is 17.7 Å². The number of alkyl halides is 1. The van der Waals surface area contributed by atoms with E-state index in [0.717, 1.165) is 5.69 Å². The molecule has 1 aliphatic rings. The van der Waals surface area contributed by atoms with Crippen molar-refractivity contribution in [2.75, 3.05) is 0 Å². The summed E-state index contributed by atoms with van der Waals surface area (Å²) < 4.78 is 0. The molecule has 0 spiro atoms. The minimum atomic E-state index is 0.463. The third kappa shape index (κ3) is 2.05. The maximum atomic E-state index is 6.04.